The first kappa shape index (κ1) is 18.4. The van der Waals surface area contributed by atoms with Crippen molar-refractivity contribution in [2.24, 2.45) is 0 Å². The Hall–Kier alpha value is -0.990. The van der Waals surface area contributed by atoms with Crippen molar-refractivity contribution in [2.45, 2.75) is 24.8 Å². The highest BCUT2D eigenvalue weighted by Gasteiger charge is 2.38. The normalized spacial score (nSPS) is 18.9. The minimum absolute atomic E-state index is 0.0657. The Bertz CT molecular complexity index is 537. The van der Waals surface area contributed by atoms with E-state index in [-0.39, 0.29) is 10.6 Å². The van der Waals surface area contributed by atoms with Crippen molar-refractivity contribution in [3.8, 4) is 0 Å². The van der Waals surface area contributed by atoms with Crippen LogP contribution in [0, 0.1) is 0 Å². The minimum Gasteiger partial charge on any atom is -0.314 e. The Kier molecular flexibility index (Phi) is 5.48. The fraction of sp³-hybridized carbons (Fsp3) is 0.571. The number of alkyl halides is 6. The molecule has 0 saturated carbocycles. The van der Waals surface area contributed by atoms with E-state index in [2.05, 4.69) is 5.32 Å². The van der Waals surface area contributed by atoms with E-state index in [0.29, 0.717) is 32.2 Å². The Morgan fingerprint density at radius 1 is 1.04 bits per heavy atom. The number of halogens is 7. The molecule has 1 heterocycles. The summed E-state index contributed by atoms with van der Waals surface area (Å²) in [4.78, 5) is 1.54. The van der Waals surface area contributed by atoms with Gasteiger partial charge in [-0.25, -0.2) is 0 Å². The molecule has 0 amide bonds. The van der Waals surface area contributed by atoms with Crippen LogP contribution >= 0.6 is 11.6 Å². The predicted octanol–water partition coefficient (Wildman–Crippen LogP) is 4.26. The van der Waals surface area contributed by atoms with E-state index in [9.17, 15) is 26.3 Å². The van der Waals surface area contributed by atoms with Crippen molar-refractivity contribution in [1.82, 2.24) is 10.2 Å². The molecule has 0 aromatic heterocycles. The lowest BCUT2D eigenvalue weighted by molar-refractivity contribution is -0.148. The molecule has 1 aromatic carbocycles. The van der Waals surface area contributed by atoms with E-state index in [1.165, 1.54) is 11.0 Å². The van der Waals surface area contributed by atoms with E-state index >= 15 is 0 Å². The molecule has 2 nitrogen and oxygen atoms in total. The topological polar surface area (TPSA) is 15.3 Å². The molecule has 1 fully saturated rings. The van der Waals surface area contributed by atoms with Gasteiger partial charge in [0, 0.05) is 37.2 Å². The summed E-state index contributed by atoms with van der Waals surface area (Å²) in [6, 6.07) is 1.46. The van der Waals surface area contributed by atoms with Crippen molar-refractivity contribution in [2.75, 3.05) is 26.2 Å². The van der Waals surface area contributed by atoms with Crippen LogP contribution in [0.2, 0.25) is 5.02 Å². The quantitative estimate of drug-likeness (QED) is 0.810. The summed E-state index contributed by atoms with van der Waals surface area (Å²) in [5.74, 6) is 0. The summed E-state index contributed by atoms with van der Waals surface area (Å²) < 4.78 is 77.3. The largest absolute Gasteiger partial charge is 0.416 e. The second-order valence-corrected chi connectivity index (χ2v) is 5.83. The zero-order valence-electron chi connectivity index (χ0n) is 11.9. The van der Waals surface area contributed by atoms with Crippen molar-refractivity contribution in [3.63, 3.8) is 0 Å². The van der Waals surface area contributed by atoms with Gasteiger partial charge in [-0.1, -0.05) is 11.6 Å². The van der Waals surface area contributed by atoms with Gasteiger partial charge in [-0.3, -0.25) is 4.90 Å². The zero-order chi connectivity index (χ0) is 17.3. The van der Waals surface area contributed by atoms with Crippen LogP contribution in [-0.2, 0) is 6.18 Å². The molecular formula is C14H15ClF6N2. The lowest BCUT2D eigenvalue weighted by Gasteiger charge is -2.36. The van der Waals surface area contributed by atoms with Gasteiger partial charge in [-0.2, -0.15) is 26.3 Å². The second-order valence-electron chi connectivity index (χ2n) is 5.39. The van der Waals surface area contributed by atoms with Gasteiger partial charge in [0.1, 0.15) is 0 Å². The smallest absolute Gasteiger partial charge is 0.314 e. The molecule has 1 aromatic rings. The number of nitrogens with one attached hydrogen (secondary N) is 1. The van der Waals surface area contributed by atoms with E-state index < -0.39 is 30.4 Å². The third kappa shape index (κ3) is 5.26. The molecular weight excluding hydrogens is 346 g/mol. The fourth-order valence-corrected chi connectivity index (χ4v) is 2.88. The molecule has 1 atom stereocenters. The third-order valence-electron chi connectivity index (χ3n) is 3.65. The molecule has 1 aliphatic rings. The van der Waals surface area contributed by atoms with Crippen LogP contribution in [0.5, 0.6) is 0 Å². The van der Waals surface area contributed by atoms with Crippen molar-refractivity contribution < 1.29 is 26.3 Å². The Morgan fingerprint density at radius 2 is 1.65 bits per heavy atom. The van der Waals surface area contributed by atoms with Crippen LogP contribution in [0.4, 0.5) is 26.3 Å². The van der Waals surface area contributed by atoms with Gasteiger partial charge >= 0.3 is 12.4 Å². The molecule has 2 rings (SSSR count). The average Bonchev–Trinajstić information content (AvgIpc) is 2.43. The van der Waals surface area contributed by atoms with Crippen LogP contribution in [0.25, 0.3) is 0 Å². The lowest BCUT2D eigenvalue weighted by Crippen LogP contribution is -2.46. The highest BCUT2D eigenvalue weighted by atomic mass is 35.5. The van der Waals surface area contributed by atoms with Gasteiger partial charge in [0.25, 0.3) is 0 Å². The minimum atomic E-state index is -4.66. The summed E-state index contributed by atoms with van der Waals surface area (Å²) in [7, 11) is 0. The number of hydrogen-bond acceptors (Lipinski definition) is 2. The van der Waals surface area contributed by atoms with Gasteiger partial charge in [0.05, 0.1) is 12.0 Å². The molecule has 1 aliphatic heterocycles. The molecule has 0 radical (unpaired) electrons. The standard InChI is InChI=1S/C14H15ClF6N2/c15-11-6-9(5-10(7-11)14(19,20)21)12(8-13(16,17)18)23-3-1-22-2-4-23/h5-7,12,22H,1-4,8H2/t12-/m1/s1. The molecule has 1 N–H and O–H groups in total. The molecule has 23 heavy (non-hydrogen) atoms. The van der Waals surface area contributed by atoms with E-state index in [4.69, 9.17) is 11.6 Å². The van der Waals surface area contributed by atoms with Crippen LogP contribution in [0.1, 0.15) is 23.6 Å². The molecule has 130 valence electrons. The van der Waals surface area contributed by atoms with Crippen molar-refractivity contribution >= 4 is 11.6 Å². The molecule has 0 aliphatic carbocycles. The maximum Gasteiger partial charge on any atom is 0.416 e. The fourth-order valence-electron chi connectivity index (χ4n) is 2.64. The van der Waals surface area contributed by atoms with E-state index in [0.717, 1.165) is 6.07 Å². The summed E-state index contributed by atoms with van der Waals surface area (Å²) in [5, 5.41) is 2.78. The van der Waals surface area contributed by atoms with Crippen LogP contribution in [-0.4, -0.2) is 37.3 Å². The van der Waals surface area contributed by atoms with Gasteiger partial charge in [-0.15, -0.1) is 0 Å². The zero-order valence-corrected chi connectivity index (χ0v) is 12.7. The molecule has 0 unspecified atom stereocenters. The van der Waals surface area contributed by atoms with Crippen LogP contribution in [0.3, 0.4) is 0 Å². The molecule has 0 spiro atoms. The highest BCUT2D eigenvalue weighted by Crippen LogP contribution is 2.38. The second kappa shape index (κ2) is 6.86. The molecule has 0 bridgehead atoms. The first-order valence-corrected chi connectivity index (χ1v) is 7.33. The summed E-state index contributed by atoms with van der Waals surface area (Å²) in [5.41, 5.74) is -1.11. The molecule has 1 saturated heterocycles. The summed E-state index contributed by atoms with van der Waals surface area (Å²) in [6.07, 6.45) is -10.4. The first-order valence-electron chi connectivity index (χ1n) is 6.95. The number of hydrogen-bond donors (Lipinski definition) is 1. The third-order valence-corrected chi connectivity index (χ3v) is 3.87. The maximum absolute atomic E-state index is 12.9. The van der Waals surface area contributed by atoms with Gasteiger partial charge in [-0.05, 0) is 23.8 Å². The average molecular weight is 361 g/mol. The monoisotopic (exact) mass is 360 g/mol. The van der Waals surface area contributed by atoms with Crippen molar-refractivity contribution in [1.29, 1.82) is 0 Å². The first-order chi connectivity index (χ1) is 10.6. The van der Waals surface area contributed by atoms with Crippen LogP contribution in [0.15, 0.2) is 18.2 Å². The number of rotatable bonds is 3. The Morgan fingerprint density at radius 3 is 2.17 bits per heavy atom. The van der Waals surface area contributed by atoms with Gasteiger partial charge in [0.15, 0.2) is 0 Å². The summed E-state index contributed by atoms with van der Waals surface area (Å²) in [6.45, 7) is 1.63. The Balaban J connectivity index is 2.39. The highest BCUT2D eigenvalue weighted by molar-refractivity contribution is 6.30. The lowest BCUT2D eigenvalue weighted by atomic mass is 9.98. The Labute approximate surface area is 134 Å². The van der Waals surface area contributed by atoms with E-state index in [1.807, 2.05) is 0 Å². The summed E-state index contributed by atoms with van der Waals surface area (Å²) >= 11 is 5.70. The number of piperazine rings is 1. The van der Waals surface area contributed by atoms with Gasteiger partial charge in [0.2, 0.25) is 0 Å². The van der Waals surface area contributed by atoms with Crippen LogP contribution < -0.4 is 5.32 Å². The SMILES string of the molecule is FC(F)(F)C[C@H](c1cc(Cl)cc(C(F)(F)F)c1)N1CCNCC1. The number of nitrogens with zero attached hydrogens (tertiary/aromatic N) is 1. The van der Waals surface area contributed by atoms with E-state index in [1.54, 1.807) is 0 Å². The van der Waals surface area contributed by atoms with Crippen molar-refractivity contribution in [3.05, 3.63) is 34.3 Å². The molecule has 9 heteroatoms. The van der Waals surface area contributed by atoms with Gasteiger partial charge < -0.3 is 5.32 Å². The maximum atomic E-state index is 12.9. The number of benzene rings is 1. The predicted molar refractivity (Wildman–Crippen MR) is 74.3 cm³/mol.